The molecular weight excluding hydrogens is 582 g/mol. The van der Waals surface area contributed by atoms with Crippen molar-refractivity contribution in [3.05, 3.63) is 78.2 Å². The molecule has 0 spiro atoms. The second-order valence-corrected chi connectivity index (χ2v) is 13.1. The Hall–Kier alpha value is -4.50. The molecule has 4 aromatic rings. The molecule has 5 fully saturated rings. The first-order valence-corrected chi connectivity index (χ1v) is 16.2. The summed E-state index contributed by atoms with van der Waals surface area (Å²) in [7, 11) is 0. The van der Waals surface area contributed by atoms with Crippen LogP contribution in [0.15, 0.2) is 67.1 Å². The van der Waals surface area contributed by atoms with E-state index < -0.39 is 6.10 Å². The Morgan fingerprint density at radius 2 is 1.78 bits per heavy atom. The number of carbonyl (C=O) groups excluding carboxylic acids is 1. The summed E-state index contributed by atoms with van der Waals surface area (Å²) in [4.78, 5) is 24.5. The van der Waals surface area contributed by atoms with Crippen LogP contribution in [0.5, 0.6) is 5.75 Å². The number of hydrogen-bond acceptors (Lipinski definition) is 9. The van der Waals surface area contributed by atoms with Crippen LogP contribution in [-0.4, -0.2) is 97.0 Å². The van der Waals surface area contributed by atoms with Crippen molar-refractivity contribution in [1.29, 1.82) is 5.26 Å². The van der Waals surface area contributed by atoms with Crippen LogP contribution in [0.3, 0.4) is 0 Å². The van der Waals surface area contributed by atoms with Crippen molar-refractivity contribution in [1.82, 2.24) is 24.4 Å². The van der Waals surface area contributed by atoms with Crippen LogP contribution in [-0.2, 0) is 4.79 Å². The van der Waals surface area contributed by atoms with Crippen molar-refractivity contribution in [2.75, 3.05) is 31.1 Å². The molecule has 11 nitrogen and oxygen atoms in total. The molecule has 0 saturated carbocycles. The van der Waals surface area contributed by atoms with E-state index in [0.717, 1.165) is 55.6 Å². The van der Waals surface area contributed by atoms with Gasteiger partial charge in [0.2, 0.25) is 0 Å². The minimum Gasteiger partial charge on any atom is -0.491 e. The summed E-state index contributed by atoms with van der Waals surface area (Å²) in [6.45, 7) is 2.64. The Morgan fingerprint density at radius 3 is 2.48 bits per heavy atom. The van der Waals surface area contributed by atoms with E-state index in [1.54, 1.807) is 22.8 Å². The van der Waals surface area contributed by atoms with Crippen LogP contribution in [0.2, 0.25) is 0 Å². The fraction of sp³-hybridized carbons (Fsp3) is 0.429. The number of benzene rings is 1. The van der Waals surface area contributed by atoms with E-state index in [9.17, 15) is 20.3 Å². The van der Waals surface area contributed by atoms with Crippen molar-refractivity contribution in [3.63, 3.8) is 0 Å². The van der Waals surface area contributed by atoms with E-state index in [4.69, 9.17) is 9.72 Å². The molecule has 9 rings (SSSR count). The number of aromatic nitrogens is 3. The second-order valence-electron chi connectivity index (χ2n) is 13.1. The maximum absolute atomic E-state index is 13.1. The predicted octanol–water partition coefficient (Wildman–Crippen LogP) is 3.16. The normalized spacial score (nSPS) is 26.1. The highest BCUT2D eigenvalue weighted by Crippen LogP contribution is 2.38. The average molecular weight is 620 g/mol. The lowest BCUT2D eigenvalue weighted by Crippen LogP contribution is -2.71. The van der Waals surface area contributed by atoms with Crippen molar-refractivity contribution < 1.29 is 19.7 Å². The maximum atomic E-state index is 13.1. The number of fused-ring (bicyclic) bond motifs is 5. The zero-order chi connectivity index (χ0) is 31.4. The highest BCUT2D eigenvalue weighted by molar-refractivity contribution is 5.86. The molecule has 0 radical (unpaired) electrons. The summed E-state index contributed by atoms with van der Waals surface area (Å²) in [6.07, 6.45) is 8.75. The van der Waals surface area contributed by atoms with Crippen molar-refractivity contribution in [2.45, 2.75) is 68.5 Å². The number of nitrogens with zero attached hydrogens (tertiary/aromatic N) is 7. The molecule has 5 aliphatic heterocycles. The molecule has 3 aromatic heterocycles. The van der Waals surface area contributed by atoms with Gasteiger partial charge in [0.15, 0.2) is 6.10 Å². The molecule has 5 saturated heterocycles. The first-order valence-electron chi connectivity index (χ1n) is 16.2. The third-order valence-corrected chi connectivity index (χ3v) is 10.4. The Balaban J connectivity index is 0.966. The Morgan fingerprint density at radius 1 is 1.02 bits per heavy atom. The number of aliphatic hydroxyl groups excluding tert-OH is 2. The number of pyridine rings is 2. The third kappa shape index (κ3) is 5.07. The van der Waals surface area contributed by atoms with E-state index in [-0.39, 0.29) is 24.1 Å². The molecule has 6 atom stereocenters. The SMILES string of the molecule is N#Cc1cnn2cc(OCCN3[C@@H]4CC[C@H]3CC(O)C4)cc(-c3ccc(N4CC5CC(C4)N5C(=O)[C@@H](O)c4ccccc4)nc3)c12. The van der Waals surface area contributed by atoms with Gasteiger partial charge < -0.3 is 24.7 Å². The molecule has 5 aliphatic rings. The summed E-state index contributed by atoms with van der Waals surface area (Å²) in [5, 5.41) is 35.1. The van der Waals surface area contributed by atoms with Crippen LogP contribution in [0.4, 0.5) is 5.82 Å². The molecule has 3 unspecified atom stereocenters. The summed E-state index contributed by atoms with van der Waals surface area (Å²) in [5.74, 6) is 1.26. The molecule has 11 heteroatoms. The Labute approximate surface area is 267 Å². The summed E-state index contributed by atoms with van der Waals surface area (Å²) >= 11 is 0. The molecule has 8 heterocycles. The van der Waals surface area contributed by atoms with E-state index in [2.05, 4.69) is 21.0 Å². The zero-order valence-corrected chi connectivity index (χ0v) is 25.5. The van der Waals surface area contributed by atoms with Crippen molar-refractivity contribution in [3.8, 4) is 22.9 Å². The van der Waals surface area contributed by atoms with Gasteiger partial charge in [0, 0.05) is 49.0 Å². The summed E-state index contributed by atoms with van der Waals surface area (Å²) in [5.41, 5.74) is 3.47. The fourth-order valence-electron chi connectivity index (χ4n) is 8.17. The highest BCUT2D eigenvalue weighted by Gasteiger charge is 2.49. The lowest BCUT2D eigenvalue weighted by Gasteiger charge is -2.57. The molecule has 236 valence electrons. The van der Waals surface area contributed by atoms with Gasteiger partial charge in [0.1, 0.15) is 24.2 Å². The summed E-state index contributed by atoms with van der Waals surface area (Å²) in [6, 6.07) is 18.2. The van der Waals surface area contributed by atoms with Gasteiger partial charge in [-0.1, -0.05) is 30.3 Å². The van der Waals surface area contributed by atoms with Gasteiger partial charge in [-0.25, -0.2) is 9.50 Å². The Bertz CT molecular complexity index is 1760. The first kappa shape index (κ1) is 28.9. The number of rotatable bonds is 8. The van der Waals surface area contributed by atoms with E-state index >= 15 is 0 Å². The minimum atomic E-state index is -1.15. The van der Waals surface area contributed by atoms with Gasteiger partial charge in [0.25, 0.3) is 5.91 Å². The third-order valence-electron chi connectivity index (χ3n) is 10.4. The van der Waals surface area contributed by atoms with Crippen LogP contribution in [0.1, 0.15) is 49.3 Å². The van der Waals surface area contributed by atoms with Gasteiger partial charge in [-0.05, 0) is 55.9 Å². The molecular formula is C35H37N7O4. The number of amides is 1. The lowest BCUT2D eigenvalue weighted by atomic mass is 9.86. The number of piperazine rings is 1. The second kappa shape index (κ2) is 11.7. The van der Waals surface area contributed by atoms with Gasteiger partial charge in [-0.2, -0.15) is 10.4 Å². The predicted molar refractivity (Wildman–Crippen MR) is 170 cm³/mol. The standard InChI is InChI=1S/C35H37N7O4/c36-16-24-18-38-41-21-30(46-11-10-40-25-7-8-26(40)14-29(43)13-25)15-31(33(24)41)23-6-9-32(37-17-23)39-19-27-12-28(20-39)42(27)35(45)34(44)22-4-2-1-3-5-22/h1-6,9,15,17-18,21,25-29,34,43-44H,7-8,10-14,19-20H2/t25-,26+,27?,28?,29?,34-/m0/s1. The van der Waals surface area contributed by atoms with Gasteiger partial charge in [0.05, 0.1) is 41.7 Å². The Kier molecular flexibility index (Phi) is 7.36. The zero-order valence-electron chi connectivity index (χ0n) is 25.5. The summed E-state index contributed by atoms with van der Waals surface area (Å²) < 4.78 is 7.96. The van der Waals surface area contributed by atoms with Crippen LogP contribution < -0.4 is 9.64 Å². The molecule has 1 aromatic carbocycles. The van der Waals surface area contributed by atoms with E-state index in [0.29, 0.717) is 54.2 Å². The van der Waals surface area contributed by atoms with E-state index in [1.807, 2.05) is 53.7 Å². The lowest BCUT2D eigenvalue weighted by molar-refractivity contribution is -0.156. The van der Waals surface area contributed by atoms with Crippen molar-refractivity contribution in [2.24, 2.45) is 0 Å². The molecule has 0 aliphatic carbocycles. The van der Waals surface area contributed by atoms with Crippen molar-refractivity contribution >= 4 is 17.2 Å². The average Bonchev–Trinajstić information content (AvgIpc) is 3.61. The molecule has 2 N–H and O–H groups in total. The quantitative estimate of drug-likeness (QED) is 0.306. The van der Waals surface area contributed by atoms with E-state index in [1.165, 1.54) is 0 Å². The fourth-order valence-corrected chi connectivity index (χ4v) is 8.17. The number of piperidine rings is 2. The minimum absolute atomic E-state index is 0.0368. The van der Waals surface area contributed by atoms with Gasteiger partial charge >= 0.3 is 0 Å². The monoisotopic (exact) mass is 619 g/mol. The van der Waals surface area contributed by atoms with Crippen LogP contribution >= 0.6 is 0 Å². The smallest absolute Gasteiger partial charge is 0.256 e. The number of hydrogen-bond donors (Lipinski definition) is 2. The van der Waals surface area contributed by atoms with Gasteiger partial charge in [-0.3, -0.25) is 9.69 Å². The molecule has 46 heavy (non-hydrogen) atoms. The van der Waals surface area contributed by atoms with Crippen LogP contribution in [0, 0.1) is 11.3 Å². The van der Waals surface area contributed by atoms with Crippen LogP contribution in [0.25, 0.3) is 16.6 Å². The first-order chi connectivity index (χ1) is 22.5. The molecule has 1 amide bonds. The largest absolute Gasteiger partial charge is 0.491 e. The number of aliphatic hydroxyl groups is 2. The maximum Gasteiger partial charge on any atom is 0.256 e. The van der Waals surface area contributed by atoms with Gasteiger partial charge in [-0.15, -0.1) is 0 Å². The molecule has 4 bridgehead atoms. The number of anilines is 1. The topological polar surface area (TPSA) is 130 Å². The number of ether oxygens (including phenoxy) is 1. The highest BCUT2D eigenvalue weighted by atomic mass is 16.5. The number of carbonyl (C=O) groups is 1. The number of nitriles is 1.